The first-order valence-electron chi connectivity index (χ1n) is 5.29. The van der Waals surface area contributed by atoms with Crippen molar-refractivity contribution >= 4 is 81.7 Å². The topological polar surface area (TPSA) is 56.3 Å². The van der Waals surface area contributed by atoms with Crippen molar-refractivity contribution in [2.24, 2.45) is 0 Å². The van der Waals surface area contributed by atoms with E-state index in [1.54, 1.807) is 0 Å². The maximum Gasteiger partial charge on any atom is 4.00 e. The van der Waals surface area contributed by atoms with E-state index >= 15 is 0 Å². The van der Waals surface area contributed by atoms with Crippen LogP contribution < -0.4 is 49.6 Å². The zero-order valence-corrected chi connectivity index (χ0v) is 21.3. The SMILES string of the molecule is N#[N+]c1cc(F)c(Cl)cc1Cl.N#[N+]c1cc(F)c(Cl)cc1Cl.[Cl-].[Cl-].[Cl-].[Cl-].[Sn+4]. The number of diazo groups is 2. The summed E-state index contributed by atoms with van der Waals surface area (Å²) in [6, 6.07) is 4.25. The molecule has 0 heterocycles. The van der Waals surface area contributed by atoms with Crippen molar-refractivity contribution in [1.82, 2.24) is 0 Å². The van der Waals surface area contributed by atoms with Gasteiger partial charge in [-0.3, -0.25) is 0 Å². The molecule has 4 nitrogen and oxygen atoms in total. The second-order valence-corrected chi connectivity index (χ2v) is 5.26. The van der Waals surface area contributed by atoms with Gasteiger partial charge >= 0.3 is 35.3 Å². The summed E-state index contributed by atoms with van der Waals surface area (Å²) in [4.78, 5) is 5.48. The van der Waals surface area contributed by atoms with Crippen molar-refractivity contribution in [3.05, 3.63) is 65.9 Å². The minimum Gasteiger partial charge on any atom is -1.00 e. The van der Waals surface area contributed by atoms with Crippen LogP contribution in [-0.4, -0.2) is 23.9 Å². The van der Waals surface area contributed by atoms with E-state index in [4.69, 9.17) is 57.2 Å². The fourth-order valence-electron chi connectivity index (χ4n) is 1.18. The third-order valence-electron chi connectivity index (χ3n) is 2.19. The Hall–Kier alpha value is 0.259. The van der Waals surface area contributed by atoms with Gasteiger partial charge in [0.15, 0.2) is 9.95 Å². The molecule has 2 aromatic carbocycles. The predicted molar refractivity (Wildman–Crippen MR) is 88.1 cm³/mol. The van der Waals surface area contributed by atoms with Gasteiger partial charge in [-0.15, -0.1) is 0 Å². The molecule has 0 radical (unpaired) electrons. The Bertz CT molecular complexity index is 746. The van der Waals surface area contributed by atoms with E-state index in [9.17, 15) is 8.78 Å². The Morgan fingerprint density at radius 2 is 0.852 bits per heavy atom. The minimum atomic E-state index is -0.663. The smallest absolute Gasteiger partial charge is 1.00 e. The fraction of sp³-hybridized carbons (Fsp3) is 0. The van der Waals surface area contributed by atoms with Gasteiger partial charge < -0.3 is 49.6 Å². The van der Waals surface area contributed by atoms with Crippen molar-refractivity contribution in [2.75, 3.05) is 0 Å². The molecule has 15 heteroatoms. The Labute approximate surface area is 215 Å². The fourth-order valence-corrected chi connectivity index (χ4v) is 2.02. The summed E-state index contributed by atoms with van der Waals surface area (Å²) in [5, 5.41) is 16.6. The Morgan fingerprint density at radius 1 is 0.593 bits per heavy atom. The molecular formula is C12H4Cl8F2N4Sn+2. The van der Waals surface area contributed by atoms with Crippen LogP contribution >= 0.6 is 46.4 Å². The van der Waals surface area contributed by atoms with Gasteiger partial charge in [-0.05, 0) is 12.1 Å². The van der Waals surface area contributed by atoms with E-state index < -0.39 is 11.6 Å². The van der Waals surface area contributed by atoms with Gasteiger partial charge in [0.05, 0.1) is 22.2 Å². The molecule has 0 unspecified atom stereocenters. The van der Waals surface area contributed by atoms with Crippen LogP contribution in [0.15, 0.2) is 24.3 Å². The van der Waals surface area contributed by atoms with Crippen molar-refractivity contribution < 1.29 is 58.4 Å². The van der Waals surface area contributed by atoms with Crippen molar-refractivity contribution in [3.8, 4) is 0 Å². The number of hydrogen-bond donors (Lipinski definition) is 0. The summed E-state index contributed by atoms with van der Waals surface area (Å²) in [6.07, 6.45) is 0. The number of nitrogens with zero attached hydrogens (tertiary/aromatic N) is 4. The van der Waals surface area contributed by atoms with Crippen molar-refractivity contribution in [3.63, 3.8) is 0 Å². The van der Waals surface area contributed by atoms with Gasteiger partial charge in [-0.2, -0.15) is 0 Å². The first-order valence-corrected chi connectivity index (χ1v) is 6.80. The third-order valence-corrected chi connectivity index (χ3v) is 3.38. The molecule has 0 amide bonds. The molecule has 0 fully saturated rings. The van der Waals surface area contributed by atoms with Crippen LogP contribution in [0.1, 0.15) is 0 Å². The van der Waals surface area contributed by atoms with E-state index in [1.807, 2.05) is 0 Å². The average molecular weight is 645 g/mol. The average Bonchev–Trinajstić information content (AvgIpc) is 2.47. The molecular weight excluding hydrogens is 640 g/mol. The van der Waals surface area contributed by atoms with E-state index in [-0.39, 0.29) is 105 Å². The van der Waals surface area contributed by atoms with Crippen LogP contribution in [0.3, 0.4) is 0 Å². The second kappa shape index (κ2) is 18.3. The summed E-state index contributed by atoms with van der Waals surface area (Å²) >= 11 is 21.7. The Kier molecular flexibility index (Phi) is 25.7. The van der Waals surface area contributed by atoms with Crippen LogP contribution in [0.5, 0.6) is 0 Å². The standard InChI is InChI=1S/2C6H2Cl2FN2.4ClH.Sn/c2*7-3-1-4(8)6(11-10)2-5(3)9;;;;;/h2*1-2H;4*1H;/q2*+1;;;;;+4/p-4. The van der Waals surface area contributed by atoms with E-state index in [0.717, 1.165) is 12.1 Å². The van der Waals surface area contributed by atoms with Crippen molar-refractivity contribution in [2.45, 2.75) is 0 Å². The summed E-state index contributed by atoms with van der Waals surface area (Å²) in [7, 11) is 0. The van der Waals surface area contributed by atoms with E-state index in [2.05, 4.69) is 9.95 Å². The minimum absolute atomic E-state index is 0. The summed E-state index contributed by atoms with van der Waals surface area (Å²) in [6.45, 7) is 0. The Balaban J connectivity index is -0.000000101. The van der Waals surface area contributed by atoms with Gasteiger partial charge in [0, 0.05) is 0 Å². The molecule has 27 heavy (non-hydrogen) atoms. The van der Waals surface area contributed by atoms with E-state index in [0.29, 0.717) is 0 Å². The quantitative estimate of drug-likeness (QED) is 0.164. The zero-order valence-electron chi connectivity index (χ0n) is 12.4. The maximum absolute atomic E-state index is 12.6. The second-order valence-electron chi connectivity index (χ2n) is 3.64. The number of halogens is 10. The normalized spacial score (nSPS) is 7.56. The van der Waals surface area contributed by atoms with Gasteiger partial charge in [0.2, 0.25) is 10.8 Å². The number of hydrogen-bond acceptors (Lipinski definition) is 2. The summed E-state index contributed by atoms with van der Waals surface area (Å²) in [5.41, 5.74) is -0.0675. The van der Waals surface area contributed by atoms with Gasteiger partial charge in [-0.25, -0.2) is 8.78 Å². The van der Waals surface area contributed by atoms with Crippen LogP contribution in [0.4, 0.5) is 20.2 Å². The van der Waals surface area contributed by atoms with Crippen LogP contribution in [0, 0.1) is 22.4 Å². The first-order chi connectivity index (χ1) is 10.3. The van der Waals surface area contributed by atoms with Crippen LogP contribution in [-0.2, 0) is 0 Å². The molecule has 0 aliphatic carbocycles. The zero-order chi connectivity index (χ0) is 16.9. The van der Waals surface area contributed by atoms with E-state index in [1.165, 1.54) is 12.1 Å². The molecule has 2 aromatic rings. The molecule has 0 atom stereocenters. The molecule has 0 bridgehead atoms. The molecule has 0 aromatic heterocycles. The number of rotatable bonds is 0. The molecule has 0 aliphatic heterocycles. The first kappa shape index (κ1) is 37.9. The molecule has 144 valence electrons. The van der Waals surface area contributed by atoms with Crippen LogP contribution in [0.2, 0.25) is 20.1 Å². The monoisotopic (exact) mass is 642 g/mol. The largest absolute Gasteiger partial charge is 4.00 e. The molecule has 0 N–H and O–H groups in total. The molecule has 0 saturated heterocycles. The summed E-state index contributed by atoms with van der Waals surface area (Å²) in [5.74, 6) is -1.33. The van der Waals surface area contributed by atoms with Gasteiger partial charge in [-0.1, -0.05) is 46.4 Å². The third kappa shape index (κ3) is 11.8. The molecule has 0 spiro atoms. The summed E-state index contributed by atoms with van der Waals surface area (Å²) < 4.78 is 25.2. The molecule has 0 aliphatic rings. The van der Waals surface area contributed by atoms with Gasteiger partial charge in [0.25, 0.3) is 0 Å². The predicted octanol–water partition coefficient (Wildman–Crippen LogP) is -5.13. The Morgan fingerprint density at radius 3 is 1.07 bits per heavy atom. The van der Waals surface area contributed by atoms with Gasteiger partial charge in [0.1, 0.15) is 21.7 Å². The van der Waals surface area contributed by atoms with Crippen molar-refractivity contribution in [1.29, 1.82) is 10.8 Å². The van der Waals surface area contributed by atoms with Crippen LogP contribution in [0.25, 0.3) is 9.95 Å². The molecule has 2 rings (SSSR count). The molecule has 0 saturated carbocycles. The number of benzene rings is 2. The maximum atomic E-state index is 12.6.